The lowest BCUT2D eigenvalue weighted by molar-refractivity contribution is 0.206. The van der Waals surface area contributed by atoms with Gasteiger partial charge in [0, 0.05) is 37.3 Å². The monoisotopic (exact) mass is 330 g/mol. The molecule has 0 radical (unpaired) electrons. The summed E-state index contributed by atoms with van der Waals surface area (Å²) < 4.78 is 1.86. The molecule has 0 aromatic carbocycles. The van der Waals surface area contributed by atoms with E-state index >= 15 is 0 Å². The molecule has 1 atom stereocenters. The van der Waals surface area contributed by atoms with Crippen LogP contribution in [-0.4, -0.2) is 44.1 Å². The van der Waals surface area contributed by atoms with Crippen molar-refractivity contribution in [3.8, 4) is 0 Å². The molecule has 8 heteroatoms. The first-order valence-corrected chi connectivity index (χ1v) is 8.20. The number of nitrogens with one attached hydrogen (secondary N) is 1. The van der Waals surface area contributed by atoms with Crippen LogP contribution >= 0.6 is 11.3 Å². The Morgan fingerprint density at radius 1 is 1.43 bits per heavy atom. The second-order valence-corrected chi connectivity index (χ2v) is 6.28. The molecule has 0 aliphatic rings. The molecule has 0 fully saturated rings. The van der Waals surface area contributed by atoms with Crippen LogP contribution in [0.3, 0.4) is 0 Å². The van der Waals surface area contributed by atoms with Gasteiger partial charge < -0.3 is 10.2 Å². The second-order valence-electron chi connectivity index (χ2n) is 5.36. The van der Waals surface area contributed by atoms with Gasteiger partial charge in [0.05, 0.1) is 11.6 Å². The summed E-state index contributed by atoms with van der Waals surface area (Å²) in [5.74, 6) is 0.912. The van der Waals surface area contributed by atoms with Crippen LogP contribution in [0, 0.1) is 0 Å². The summed E-state index contributed by atoms with van der Waals surface area (Å²) in [6.45, 7) is 3.01. The van der Waals surface area contributed by atoms with E-state index in [1.165, 1.54) is 0 Å². The molecule has 3 aromatic rings. The van der Waals surface area contributed by atoms with Gasteiger partial charge in [-0.25, -0.2) is 9.78 Å². The Morgan fingerprint density at radius 3 is 3.09 bits per heavy atom. The van der Waals surface area contributed by atoms with E-state index in [1.807, 2.05) is 34.2 Å². The Balaban J connectivity index is 1.56. The van der Waals surface area contributed by atoms with Gasteiger partial charge in [-0.15, -0.1) is 21.5 Å². The number of hydrogen-bond donors (Lipinski definition) is 1. The van der Waals surface area contributed by atoms with Crippen LogP contribution < -0.4 is 5.32 Å². The van der Waals surface area contributed by atoms with Crippen LogP contribution in [-0.2, 0) is 6.54 Å². The molecule has 3 rings (SSSR count). The van der Waals surface area contributed by atoms with E-state index in [0.29, 0.717) is 18.9 Å². The Hall–Kier alpha value is -2.48. The van der Waals surface area contributed by atoms with Crippen molar-refractivity contribution in [1.82, 2.24) is 29.8 Å². The predicted octanol–water partition coefficient (Wildman–Crippen LogP) is 2.13. The van der Waals surface area contributed by atoms with Crippen molar-refractivity contribution in [3.05, 3.63) is 46.8 Å². The first-order chi connectivity index (χ1) is 11.1. The molecular weight excluding hydrogens is 312 g/mol. The lowest BCUT2D eigenvalue weighted by Crippen LogP contribution is -2.39. The summed E-state index contributed by atoms with van der Waals surface area (Å²) in [5.41, 5.74) is 0.766. The Kier molecular flexibility index (Phi) is 4.52. The minimum Gasteiger partial charge on any atom is -0.331 e. The van der Waals surface area contributed by atoms with Gasteiger partial charge in [-0.3, -0.25) is 4.40 Å². The SMILES string of the molecule is C[C@H](CN(C)C(=O)NCc1nnc2ccccn12)c1nccs1. The number of hydrogen-bond acceptors (Lipinski definition) is 5. The minimum atomic E-state index is -0.138. The zero-order chi connectivity index (χ0) is 16.2. The lowest BCUT2D eigenvalue weighted by Gasteiger charge is -2.20. The number of aromatic nitrogens is 4. The zero-order valence-electron chi connectivity index (χ0n) is 13.0. The third kappa shape index (κ3) is 3.48. The molecule has 0 aliphatic carbocycles. The standard InChI is InChI=1S/C15H18N6OS/c1-11(14-16-6-8-23-14)10-20(2)15(22)17-9-13-19-18-12-5-3-4-7-21(12)13/h3-8,11H,9-10H2,1-2H3,(H,17,22)/t11-/m1/s1. The molecule has 2 amide bonds. The van der Waals surface area contributed by atoms with E-state index < -0.39 is 0 Å². The van der Waals surface area contributed by atoms with Crippen LogP contribution in [0.5, 0.6) is 0 Å². The lowest BCUT2D eigenvalue weighted by atomic mass is 10.2. The maximum absolute atomic E-state index is 12.2. The molecule has 0 saturated carbocycles. The van der Waals surface area contributed by atoms with Crippen LogP contribution in [0.15, 0.2) is 36.0 Å². The molecule has 1 N–H and O–H groups in total. The number of likely N-dealkylation sites (N-methyl/N-ethyl adjacent to an activating group) is 1. The number of urea groups is 1. The Labute approximate surface area is 138 Å². The first kappa shape index (κ1) is 15.4. The van der Waals surface area contributed by atoms with Crippen LogP contribution in [0.4, 0.5) is 4.79 Å². The topological polar surface area (TPSA) is 75.4 Å². The van der Waals surface area contributed by atoms with Crippen molar-refractivity contribution in [3.63, 3.8) is 0 Å². The van der Waals surface area contributed by atoms with Crippen molar-refractivity contribution in [2.45, 2.75) is 19.4 Å². The normalized spacial score (nSPS) is 12.3. The van der Waals surface area contributed by atoms with Gasteiger partial charge in [0.25, 0.3) is 0 Å². The highest BCUT2D eigenvalue weighted by Gasteiger charge is 2.16. The number of pyridine rings is 1. The highest BCUT2D eigenvalue weighted by atomic mass is 32.1. The number of carbonyl (C=O) groups excluding carboxylic acids is 1. The van der Waals surface area contributed by atoms with Gasteiger partial charge in [0.15, 0.2) is 11.5 Å². The quantitative estimate of drug-likeness (QED) is 0.777. The summed E-state index contributed by atoms with van der Waals surface area (Å²) >= 11 is 1.61. The van der Waals surface area contributed by atoms with Crippen LogP contribution in [0.1, 0.15) is 23.7 Å². The van der Waals surface area contributed by atoms with Crippen molar-refractivity contribution in [2.75, 3.05) is 13.6 Å². The minimum absolute atomic E-state index is 0.138. The van der Waals surface area contributed by atoms with Gasteiger partial charge in [0.1, 0.15) is 0 Å². The highest BCUT2D eigenvalue weighted by molar-refractivity contribution is 7.09. The van der Waals surface area contributed by atoms with E-state index in [-0.39, 0.29) is 11.9 Å². The maximum atomic E-state index is 12.2. The fraction of sp³-hybridized carbons (Fsp3) is 0.333. The van der Waals surface area contributed by atoms with E-state index in [4.69, 9.17) is 0 Å². The van der Waals surface area contributed by atoms with Crippen molar-refractivity contribution >= 4 is 23.0 Å². The third-order valence-electron chi connectivity index (χ3n) is 3.55. The maximum Gasteiger partial charge on any atom is 0.317 e. The van der Waals surface area contributed by atoms with Crippen molar-refractivity contribution < 1.29 is 4.79 Å². The van der Waals surface area contributed by atoms with Crippen LogP contribution in [0.2, 0.25) is 0 Å². The highest BCUT2D eigenvalue weighted by Crippen LogP contribution is 2.18. The van der Waals surface area contributed by atoms with Crippen LogP contribution in [0.25, 0.3) is 5.65 Å². The third-order valence-corrected chi connectivity index (χ3v) is 4.56. The molecule has 0 bridgehead atoms. The summed E-state index contributed by atoms with van der Waals surface area (Å²) in [5, 5.41) is 14.0. The molecule has 120 valence electrons. The molecular formula is C15H18N6OS. The smallest absolute Gasteiger partial charge is 0.317 e. The Morgan fingerprint density at radius 2 is 2.30 bits per heavy atom. The van der Waals surface area contributed by atoms with E-state index in [0.717, 1.165) is 10.7 Å². The molecule has 3 aromatic heterocycles. The Bertz CT molecular complexity index is 784. The van der Waals surface area contributed by atoms with E-state index in [1.54, 1.807) is 29.5 Å². The average molecular weight is 330 g/mol. The molecule has 0 unspecified atom stereocenters. The fourth-order valence-corrected chi connectivity index (χ4v) is 3.04. The molecule has 0 spiro atoms. The second kappa shape index (κ2) is 6.74. The van der Waals surface area contributed by atoms with Gasteiger partial charge in [0.2, 0.25) is 0 Å². The summed E-state index contributed by atoms with van der Waals surface area (Å²) in [6, 6.07) is 5.55. The van der Waals surface area contributed by atoms with Gasteiger partial charge in [-0.2, -0.15) is 0 Å². The number of thiazole rings is 1. The number of fused-ring (bicyclic) bond motifs is 1. The number of amides is 2. The zero-order valence-corrected chi connectivity index (χ0v) is 13.8. The molecule has 0 saturated heterocycles. The van der Waals surface area contributed by atoms with Crippen molar-refractivity contribution in [1.29, 1.82) is 0 Å². The van der Waals surface area contributed by atoms with E-state index in [9.17, 15) is 4.79 Å². The van der Waals surface area contributed by atoms with Gasteiger partial charge in [-0.05, 0) is 12.1 Å². The fourth-order valence-electron chi connectivity index (χ4n) is 2.35. The number of carbonyl (C=O) groups is 1. The first-order valence-electron chi connectivity index (χ1n) is 7.32. The summed E-state index contributed by atoms with van der Waals surface area (Å²) in [7, 11) is 1.78. The largest absolute Gasteiger partial charge is 0.331 e. The predicted molar refractivity (Wildman–Crippen MR) is 88.4 cm³/mol. The average Bonchev–Trinajstić information content (AvgIpc) is 3.22. The van der Waals surface area contributed by atoms with Crippen molar-refractivity contribution in [2.24, 2.45) is 0 Å². The van der Waals surface area contributed by atoms with Gasteiger partial charge >= 0.3 is 6.03 Å². The molecule has 0 aliphatic heterocycles. The van der Waals surface area contributed by atoms with E-state index in [2.05, 4.69) is 27.4 Å². The number of rotatable bonds is 5. The molecule has 7 nitrogen and oxygen atoms in total. The molecule has 3 heterocycles. The van der Waals surface area contributed by atoms with Gasteiger partial charge in [-0.1, -0.05) is 13.0 Å². The summed E-state index contributed by atoms with van der Waals surface area (Å²) in [4.78, 5) is 18.2. The molecule has 23 heavy (non-hydrogen) atoms. The summed E-state index contributed by atoms with van der Waals surface area (Å²) in [6.07, 6.45) is 3.66. The number of nitrogens with zero attached hydrogens (tertiary/aromatic N) is 5.